The highest BCUT2D eigenvalue weighted by Crippen LogP contribution is 2.28. The summed E-state index contributed by atoms with van der Waals surface area (Å²) in [5.41, 5.74) is 0. The molecule has 1 aromatic rings. The van der Waals surface area contributed by atoms with Crippen molar-refractivity contribution >= 4 is 28.4 Å². The third-order valence-electron chi connectivity index (χ3n) is 2.07. The summed E-state index contributed by atoms with van der Waals surface area (Å²) in [6, 6.07) is 5.48. The molecule has 0 saturated carbocycles. The third-order valence-corrected chi connectivity index (χ3v) is 3.72. The maximum atomic E-state index is 12.4. The summed E-state index contributed by atoms with van der Waals surface area (Å²) in [6.45, 7) is 0. The molecule has 100 valence electrons. The normalized spacial score (nSPS) is 15.1. The molecule has 18 heavy (non-hydrogen) atoms. The summed E-state index contributed by atoms with van der Waals surface area (Å²) < 4.78 is 48.8. The van der Waals surface area contributed by atoms with E-state index in [1.165, 1.54) is 24.3 Å². The fraction of sp³-hybridized carbons (Fsp3) is 0.300. The van der Waals surface area contributed by atoms with Crippen LogP contribution >= 0.6 is 11.6 Å². The second-order valence-electron chi connectivity index (χ2n) is 3.40. The number of benzene rings is 1. The number of alkyl halides is 3. The van der Waals surface area contributed by atoms with E-state index in [9.17, 15) is 22.2 Å². The van der Waals surface area contributed by atoms with E-state index in [0.29, 0.717) is 0 Å². The Bertz CT molecular complexity index is 476. The second-order valence-corrected chi connectivity index (χ2v) is 5.33. The summed E-state index contributed by atoms with van der Waals surface area (Å²) in [4.78, 5) is 10.6. The first kappa shape index (κ1) is 15.0. The Morgan fingerprint density at radius 1 is 1.44 bits per heavy atom. The summed E-state index contributed by atoms with van der Waals surface area (Å²) in [5, 5.41) is 8.70. The zero-order valence-corrected chi connectivity index (χ0v) is 10.4. The molecule has 0 aromatic heterocycles. The van der Waals surface area contributed by atoms with Gasteiger partial charge >= 0.3 is 12.1 Å². The highest BCUT2D eigenvalue weighted by molar-refractivity contribution is 7.85. The van der Waals surface area contributed by atoms with Crippen LogP contribution in [0.3, 0.4) is 0 Å². The van der Waals surface area contributed by atoms with Crippen LogP contribution in [0.25, 0.3) is 0 Å². The van der Waals surface area contributed by atoms with Crippen molar-refractivity contribution in [2.75, 3.05) is 5.75 Å². The monoisotopic (exact) mass is 300 g/mol. The molecule has 0 saturated heterocycles. The molecule has 8 heteroatoms. The van der Waals surface area contributed by atoms with Gasteiger partial charge in [-0.05, 0) is 18.2 Å². The van der Waals surface area contributed by atoms with Crippen molar-refractivity contribution in [3.63, 3.8) is 0 Å². The van der Waals surface area contributed by atoms with E-state index in [-0.39, 0.29) is 9.92 Å². The molecular weight excluding hydrogens is 293 g/mol. The molecule has 0 radical (unpaired) electrons. The summed E-state index contributed by atoms with van der Waals surface area (Å²) in [7, 11) is -2.08. The van der Waals surface area contributed by atoms with Crippen LogP contribution in [-0.2, 0) is 15.6 Å². The van der Waals surface area contributed by atoms with Gasteiger partial charge in [-0.1, -0.05) is 17.7 Å². The minimum absolute atomic E-state index is 0.0676. The Morgan fingerprint density at radius 2 is 2.06 bits per heavy atom. The average Bonchev–Trinajstić information content (AvgIpc) is 2.23. The number of carboxylic acid groups (broad SMARTS) is 1. The Labute approximate surface area is 108 Å². The summed E-state index contributed by atoms with van der Waals surface area (Å²) >= 11 is 5.60. The largest absolute Gasteiger partial charge is 0.481 e. The van der Waals surface area contributed by atoms with Crippen LogP contribution in [0, 0.1) is 5.92 Å². The van der Waals surface area contributed by atoms with Crippen molar-refractivity contribution in [2.24, 2.45) is 5.92 Å². The number of halogens is 4. The minimum Gasteiger partial charge on any atom is -0.481 e. The molecule has 0 amide bonds. The third kappa shape index (κ3) is 3.99. The first-order valence-electron chi connectivity index (χ1n) is 4.65. The molecule has 2 unspecified atom stereocenters. The molecular formula is C10H8ClF3O3S. The van der Waals surface area contributed by atoms with Gasteiger partial charge in [0.1, 0.15) is 0 Å². The quantitative estimate of drug-likeness (QED) is 0.930. The van der Waals surface area contributed by atoms with Gasteiger partial charge in [0.2, 0.25) is 0 Å². The van der Waals surface area contributed by atoms with Gasteiger partial charge in [-0.15, -0.1) is 0 Å². The van der Waals surface area contributed by atoms with Crippen LogP contribution in [0.2, 0.25) is 5.02 Å². The number of hydrogen-bond acceptors (Lipinski definition) is 2. The topological polar surface area (TPSA) is 54.4 Å². The van der Waals surface area contributed by atoms with Gasteiger partial charge < -0.3 is 5.11 Å². The molecule has 3 nitrogen and oxygen atoms in total. The molecule has 0 spiro atoms. The fourth-order valence-corrected chi connectivity index (χ4v) is 2.73. The highest BCUT2D eigenvalue weighted by atomic mass is 35.5. The van der Waals surface area contributed by atoms with E-state index >= 15 is 0 Å². The Morgan fingerprint density at radius 3 is 2.50 bits per heavy atom. The van der Waals surface area contributed by atoms with Crippen molar-refractivity contribution in [3.8, 4) is 0 Å². The van der Waals surface area contributed by atoms with Crippen LogP contribution in [-0.4, -0.2) is 27.2 Å². The number of hydrogen-bond donors (Lipinski definition) is 1. The second kappa shape index (κ2) is 5.71. The number of rotatable bonds is 4. The molecule has 0 bridgehead atoms. The lowest BCUT2D eigenvalue weighted by Gasteiger charge is -2.15. The summed E-state index contributed by atoms with van der Waals surface area (Å²) in [6.07, 6.45) is -4.93. The molecule has 2 atom stereocenters. The average molecular weight is 301 g/mol. The maximum Gasteiger partial charge on any atom is 0.403 e. The number of aliphatic carboxylic acids is 1. The van der Waals surface area contributed by atoms with Crippen LogP contribution in [0.5, 0.6) is 0 Å². The Kier molecular flexibility index (Phi) is 4.75. The zero-order valence-electron chi connectivity index (χ0n) is 8.78. The van der Waals surface area contributed by atoms with Gasteiger partial charge in [-0.25, -0.2) is 0 Å². The van der Waals surface area contributed by atoms with Gasteiger partial charge in [0, 0.05) is 9.92 Å². The van der Waals surface area contributed by atoms with Crippen molar-refractivity contribution in [2.45, 2.75) is 11.1 Å². The van der Waals surface area contributed by atoms with E-state index in [1.54, 1.807) is 0 Å². The Balaban J connectivity index is 2.89. The number of carboxylic acids is 1. The van der Waals surface area contributed by atoms with Crippen LogP contribution in [0.4, 0.5) is 13.2 Å². The first-order chi connectivity index (χ1) is 8.21. The van der Waals surface area contributed by atoms with Crippen LogP contribution < -0.4 is 0 Å². The lowest BCUT2D eigenvalue weighted by molar-refractivity contribution is -0.188. The smallest absolute Gasteiger partial charge is 0.403 e. The van der Waals surface area contributed by atoms with E-state index < -0.39 is 34.6 Å². The number of carbonyl (C=O) groups is 1. The van der Waals surface area contributed by atoms with Crippen molar-refractivity contribution in [3.05, 3.63) is 29.3 Å². The lowest BCUT2D eigenvalue weighted by Crippen LogP contribution is -2.35. The zero-order chi connectivity index (χ0) is 13.9. The molecule has 1 aromatic carbocycles. The lowest BCUT2D eigenvalue weighted by atomic mass is 10.2. The minimum atomic E-state index is -4.93. The van der Waals surface area contributed by atoms with Crippen molar-refractivity contribution in [1.82, 2.24) is 0 Å². The molecule has 0 heterocycles. The maximum absolute atomic E-state index is 12.4. The van der Waals surface area contributed by atoms with Crippen LogP contribution in [0.1, 0.15) is 0 Å². The highest BCUT2D eigenvalue weighted by Gasteiger charge is 2.46. The standard InChI is InChI=1S/C10H8ClF3O3S/c11-6-2-1-3-7(4-6)18(17)5-8(9(15)16)10(12,13)14/h1-4,8H,5H2,(H,15,16). The first-order valence-corrected chi connectivity index (χ1v) is 6.35. The van der Waals surface area contributed by atoms with Gasteiger partial charge in [0.15, 0.2) is 5.92 Å². The van der Waals surface area contributed by atoms with E-state index in [0.717, 1.165) is 0 Å². The molecule has 0 aliphatic heterocycles. The van der Waals surface area contributed by atoms with Gasteiger partial charge in [0.05, 0.1) is 16.6 Å². The fourth-order valence-electron chi connectivity index (χ4n) is 1.16. The molecule has 0 aliphatic carbocycles. The van der Waals surface area contributed by atoms with Crippen molar-refractivity contribution < 1.29 is 27.3 Å². The van der Waals surface area contributed by atoms with Gasteiger partial charge in [-0.3, -0.25) is 9.00 Å². The van der Waals surface area contributed by atoms with Gasteiger partial charge in [0.25, 0.3) is 0 Å². The molecule has 0 fully saturated rings. The SMILES string of the molecule is O=C(O)C(CS(=O)c1cccc(Cl)c1)C(F)(F)F. The summed E-state index contributed by atoms with van der Waals surface area (Å²) in [5.74, 6) is -5.73. The predicted octanol–water partition coefficient (Wildman–Crippen LogP) is 2.71. The molecule has 0 aliphatic rings. The van der Waals surface area contributed by atoms with Crippen LogP contribution in [0.15, 0.2) is 29.2 Å². The van der Waals surface area contributed by atoms with Gasteiger partial charge in [-0.2, -0.15) is 13.2 Å². The van der Waals surface area contributed by atoms with E-state index in [1.807, 2.05) is 0 Å². The van der Waals surface area contributed by atoms with E-state index in [4.69, 9.17) is 16.7 Å². The Hall–Kier alpha value is -1.08. The van der Waals surface area contributed by atoms with E-state index in [2.05, 4.69) is 0 Å². The van der Waals surface area contributed by atoms with Crippen molar-refractivity contribution in [1.29, 1.82) is 0 Å². The predicted molar refractivity (Wildman–Crippen MR) is 59.9 cm³/mol. The molecule has 1 rings (SSSR count). The molecule has 1 N–H and O–H groups in total.